The number of carbonyl (C=O) groups excluding carboxylic acids is 2. The Morgan fingerprint density at radius 1 is 0.676 bits per heavy atom. The SMILES string of the molecule is CCCCCCCCCC(=O)O[C@@H](COP=O)COC(=O)CCCCCCCCCCCCN. The van der Waals surface area contributed by atoms with Crippen LogP contribution in [0.2, 0.25) is 0 Å². The third-order valence-electron chi connectivity index (χ3n) is 5.86. The fraction of sp³-hybridized carbons (Fsp3) is 0.923. The third-order valence-corrected chi connectivity index (χ3v) is 6.12. The molecule has 0 aromatic heterocycles. The zero-order valence-electron chi connectivity index (χ0n) is 21.6. The van der Waals surface area contributed by atoms with E-state index >= 15 is 0 Å². The Kier molecular flexibility index (Phi) is 25.8. The quantitative estimate of drug-likeness (QED) is 0.0765. The number of hydrogen-bond donors (Lipinski definition) is 1. The summed E-state index contributed by atoms with van der Waals surface area (Å²) < 4.78 is 26.1. The molecule has 2 N–H and O–H groups in total. The van der Waals surface area contributed by atoms with Crippen LogP contribution in [0.3, 0.4) is 0 Å². The highest BCUT2D eigenvalue weighted by atomic mass is 31.1. The molecule has 0 aliphatic rings. The monoisotopic (exact) mass is 503 g/mol. The molecule has 0 aliphatic carbocycles. The molecule has 0 bridgehead atoms. The van der Waals surface area contributed by atoms with Gasteiger partial charge in [-0.25, -0.2) is 4.57 Å². The minimum atomic E-state index is -0.729. The molecule has 0 saturated heterocycles. The van der Waals surface area contributed by atoms with Crippen LogP contribution < -0.4 is 5.73 Å². The van der Waals surface area contributed by atoms with E-state index in [9.17, 15) is 14.2 Å². The lowest BCUT2D eigenvalue weighted by atomic mass is 10.1. The Morgan fingerprint density at radius 3 is 1.65 bits per heavy atom. The predicted molar refractivity (Wildman–Crippen MR) is 137 cm³/mol. The van der Waals surface area contributed by atoms with E-state index in [1.807, 2.05) is 0 Å². The minimum Gasteiger partial charge on any atom is -0.462 e. The lowest BCUT2D eigenvalue weighted by Gasteiger charge is -2.16. The van der Waals surface area contributed by atoms with Crippen LogP contribution in [0.4, 0.5) is 0 Å². The van der Waals surface area contributed by atoms with Crippen molar-refractivity contribution in [3.05, 3.63) is 0 Å². The average Bonchev–Trinajstić information content (AvgIpc) is 2.83. The lowest BCUT2D eigenvalue weighted by Crippen LogP contribution is -2.28. The Balaban J connectivity index is 3.82. The third kappa shape index (κ3) is 24.1. The van der Waals surface area contributed by atoms with E-state index in [1.165, 1.54) is 64.2 Å². The van der Waals surface area contributed by atoms with Crippen molar-refractivity contribution in [1.82, 2.24) is 0 Å². The summed E-state index contributed by atoms with van der Waals surface area (Å²) in [7, 11) is -0.488. The molecule has 0 saturated carbocycles. The number of unbranched alkanes of at least 4 members (excludes halogenated alkanes) is 15. The van der Waals surface area contributed by atoms with E-state index in [2.05, 4.69) is 6.92 Å². The van der Waals surface area contributed by atoms with Crippen LogP contribution in [0, 0.1) is 0 Å². The molecule has 7 nitrogen and oxygen atoms in total. The Morgan fingerprint density at radius 2 is 1.15 bits per heavy atom. The van der Waals surface area contributed by atoms with Crippen molar-refractivity contribution in [2.75, 3.05) is 19.8 Å². The fourth-order valence-corrected chi connectivity index (χ4v) is 4.01. The van der Waals surface area contributed by atoms with Crippen molar-refractivity contribution in [2.24, 2.45) is 5.73 Å². The highest BCUT2D eigenvalue weighted by Gasteiger charge is 2.17. The summed E-state index contributed by atoms with van der Waals surface area (Å²) >= 11 is 0. The number of ether oxygens (including phenoxy) is 2. The summed E-state index contributed by atoms with van der Waals surface area (Å²) in [6.45, 7) is 2.85. The van der Waals surface area contributed by atoms with Gasteiger partial charge in [-0.3, -0.25) is 14.1 Å². The highest BCUT2D eigenvalue weighted by Crippen LogP contribution is 2.13. The molecule has 8 heteroatoms. The van der Waals surface area contributed by atoms with E-state index in [1.54, 1.807) is 0 Å². The predicted octanol–water partition coefficient (Wildman–Crippen LogP) is 7.06. The standard InChI is InChI=1S/C26H50NO6P/c1-2-3-4-5-10-14-17-20-26(29)33-24(23-32-34-30)22-31-25(28)19-16-13-11-8-6-7-9-12-15-18-21-27/h24H,2-23,27H2,1H3/t24-/m1/s1. The topological polar surface area (TPSA) is 105 Å². The van der Waals surface area contributed by atoms with E-state index in [4.69, 9.17) is 19.7 Å². The highest BCUT2D eigenvalue weighted by molar-refractivity contribution is 7.17. The number of hydrogen-bond acceptors (Lipinski definition) is 7. The summed E-state index contributed by atoms with van der Waals surface area (Å²) in [5.41, 5.74) is 5.50. The first-order valence-electron chi connectivity index (χ1n) is 13.6. The van der Waals surface area contributed by atoms with Crippen LogP contribution in [0.15, 0.2) is 0 Å². The van der Waals surface area contributed by atoms with Crippen molar-refractivity contribution in [1.29, 1.82) is 0 Å². The largest absolute Gasteiger partial charge is 0.462 e. The van der Waals surface area contributed by atoms with E-state index in [0.29, 0.717) is 12.8 Å². The van der Waals surface area contributed by atoms with Gasteiger partial charge in [-0.1, -0.05) is 96.8 Å². The average molecular weight is 504 g/mol. The summed E-state index contributed by atoms with van der Waals surface area (Å²) in [6, 6.07) is 0. The van der Waals surface area contributed by atoms with Crippen molar-refractivity contribution in [2.45, 2.75) is 135 Å². The van der Waals surface area contributed by atoms with E-state index in [-0.39, 0.29) is 25.2 Å². The first-order chi connectivity index (χ1) is 16.6. The number of esters is 2. The van der Waals surface area contributed by atoms with E-state index in [0.717, 1.165) is 51.5 Å². The van der Waals surface area contributed by atoms with Gasteiger partial charge in [0.25, 0.3) is 0 Å². The summed E-state index contributed by atoms with van der Waals surface area (Å²) in [6.07, 6.45) is 19.4. The summed E-state index contributed by atoms with van der Waals surface area (Å²) in [5, 5.41) is 0. The number of carbonyl (C=O) groups is 2. The number of nitrogens with two attached hydrogens (primary N) is 1. The molecule has 34 heavy (non-hydrogen) atoms. The smallest absolute Gasteiger partial charge is 0.327 e. The molecule has 1 atom stereocenters. The molecule has 0 fully saturated rings. The first kappa shape index (κ1) is 33.0. The molecule has 0 radical (unpaired) electrons. The Bertz CT molecular complexity index is 492. The van der Waals surface area contributed by atoms with Gasteiger partial charge in [-0.05, 0) is 25.8 Å². The Hall–Kier alpha value is -1.04. The van der Waals surface area contributed by atoms with Gasteiger partial charge in [-0.15, -0.1) is 0 Å². The molecule has 0 amide bonds. The molecular formula is C26H50NO6P. The van der Waals surface area contributed by atoms with Crippen LogP contribution in [0.25, 0.3) is 0 Å². The molecule has 0 unspecified atom stereocenters. The zero-order valence-corrected chi connectivity index (χ0v) is 22.5. The van der Waals surface area contributed by atoms with Crippen LogP contribution in [-0.2, 0) is 28.2 Å². The maximum Gasteiger partial charge on any atom is 0.327 e. The molecule has 0 spiro atoms. The maximum atomic E-state index is 12.1. The van der Waals surface area contributed by atoms with Gasteiger partial charge in [0.1, 0.15) is 13.2 Å². The van der Waals surface area contributed by atoms with Gasteiger partial charge < -0.3 is 15.2 Å². The second-order valence-electron chi connectivity index (χ2n) is 9.11. The summed E-state index contributed by atoms with van der Waals surface area (Å²) in [4.78, 5) is 24.1. The van der Waals surface area contributed by atoms with Gasteiger partial charge in [-0.2, -0.15) is 0 Å². The Labute approximate surface area is 209 Å². The van der Waals surface area contributed by atoms with Gasteiger partial charge in [0.05, 0.1) is 0 Å². The second kappa shape index (κ2) is 26.6. The lowest BCUT2D eigenvalue weighted by molar-refractivity contribution is -0.160. The van der Waals surface area contributed by atoms with Crippen LogP contribution in [0.1, 0.15) is 129 Å². The molecule has 0 rings (SSSR count). The molecule has 0 aromatic carbocycles. The van der Waals surface area contributed by atoms with Crippen LogP contribution in [-0.4, -0.2) is 37.8 Å². The first-order valence-corrected chi connectivity index (χ1v) is 14.4. The number of rotatable bonds is 26. The minimum absolute atomic E-state index is 0.0622. The van der Waals surface area contributed by atoms with Crippen LogP contribution in [0.5, 0.6) is 0 Å². The summed E-state index contributed by atoms with van der Waals surface area (Å²) in [5.74, 6) is -0.632. The molecule has 0 aromatic rings. The van der Waals surface area contributed by atoms with E-state index < -0.39 is 14.8 Å². The molecular weight excluding hydrogens is 453 g/mol. The molecule has 200 valence electrons. The molecule has 0 aliphatic heterocycles. The van der Waals surface area contributed by atoms with Gasteiger partial charge >= 0.3 is 20.6 Å². The van der Waals surface area contributed by atoms with Crippen molar-refractivity contribution >= 4 is 20.6 Å². The van der Waals surface area contributed by atoms with Crippen LogP contribution >= 0.6 is 8.69 Å². The normalized spacial score (nSPS) is 12.1. The fourth-order valence-electron chi connectivity index (χ4n) is 3.79. The van der Waals surface area contributed by atoms with Crippen molar-refractivity contribution in [3.63, 3.8) is 0 Å². The second-order valence-corrected chi connectivity index (χ2v) is 9.52. The van der Waals surface area contributed by atoms with Gasteiger partial charge in [0.15, 0.2) is 6.10 Å². The van der Waals surface area contributed by atoms with Crippen molar-refractivity contribution in [3.8, 4) is 0 Å². The maximum absolute atomic E-state index is 12.1. The molecule has 0 heterocycles. The van der Waals surface area contributed by atoms with Crippen molar-refractivity contribution < 1.29 is 28.2 Å². The zero-order chi connectivity index (χ0) is 25.1. The van der Waals surface area contributed by atoms with Gasteiger partial charge in [0, 0.05) is 12.8 Å². The van der Waals surface area contributed by atoms with Gasteiger partial charge in [0.2, 0.25) is 0 Å².